The van der Waals surface area contributed by atoms with Gasteiger partial charge in [-0.25, -0.2) is 0 Å². The molecule has 3 aliphatic heterocycles. The number of ketones is 1. The van der Waals surface area contributed by atoms with E-state index in [9.17, 15) is 24.6 Å². The molecule has 0 bridgehead atoms. The normalized spacial score (nSPS) is 50.6. The highest BCUT2D eigenvalue weighted by atomic mass is 16.6. The number of fused-ring (bicyclic) bond motifs is 1. The fourth-order valence-corrected chi connectivity index (χ4v) is 6.34. The van der Waals surface area contributed by atoms with Gasteiger partial charge in [-0.2, -0.15) is 0 Å². The van der Waals surface area contributed by atoms with Gasteiger partial charge in [0.05, 0.1) is 0 Å². The lowest BCUT2D eigenvalue weighted by molar-refractivity contribution is -0.173. The molecule has 8 atom stereocenters. The number of rotatable bonds is 2. The lowest BCUT2D eigenvalue weighted by Crippen LogP contribution is -2.59. The Labute approximate surface area is 157 Å². The first kappa shape index (κ1) is 17.4. The molecular formula is C20H25NO6. The average Bonchev–Trinajstić information content (AvgIpc) is 3.19. The minimum absolute atomic E-state index is 0.0704. The third-order valence-corrected chi connectivity index (χ3v) is 7.68. The number of aliphatic hydroxyl groups is 2. The van der Waals surface area contributed by atoms with Crippen molar-refractivity contribution < 1.29 is 29.3 Å². The number of hydrogen-bond acceptors (Lipinski definition) is 6. The summed E-state index contributed by atoms with van der Waals surface area (Å²) in [4.78, 5) is 40.0. The van der Waals surface area contributed by atoms with Crippen LogP contribution in [0.3, 0.4) is 0 Å². The van der Waals surface area contributed by atoms with Gasteiger partial charge in [0.15, 0.2) is 17.6 Å². The smallest absolute Gasteiger partial charge is 0.314 e. The quantitative estimate of drug-likeness (QED) is 0.411. The fraction of sp³-hybridized carbons (Fsp3) is 0.750. The van der Waals surface area contributed by atoms with Gasteiger partial charge in [-0.05, 0) is 37.0 Å². The van der Waals surface area contributed by atoms with Crippen LogP contribution in [0.4, 0.5) is 0 Å². The zero-order chi connectivity index (χ0) is 19.1. The van der Waals surface area contributed by atoms with E-state index in [-0.39, 0.29) is 30.7 Å². The van der Waals surface area contributed by atoms with Crippen LogP contribution in [0.5, 0.6) is 0 Å². The van der Waals surface area contributed by atoms with E-state index < -0.39 is 46.9 Å². The Balaban J connectivity index is 1.55. The van der Waals surface area contributed by atoms with Crippen LogP contribution >= 0.6 is 0 Å². The van der Waals surface area contributed by atoms with Gasteiger partial charge < -0.3 is 19.8 Å². The zero-order valence-electron chi connectivity index (χ0n) is 15.3. The highest BCUT2D eigenvalue weighted by Gasteiger charge is 2.80. The van der Waals surface area contributed by atoms with Gasteiger partial charge in [-0.3, -0.25) is 14.4 Å². The van der Waals surface area contributed by atoms with E-state index in [4.69, 9.17) is 4.74 Å². The molecule has 2 N–H and O–H groups in total. The summed E-state index contributed by atoms with van der Waals surface area (Å²) in [5.74, 6) is -3.24. The van der Waals surface area contributed by atoms with Crippen molar-refractivity contribution in [3.8, 4) is 0 Å². The second-order valence-corrected chi connectivity index (χ2v) is 8.91. The highest BCUT2D eigenvalue weighted by molar-refractivity contribution is 6.14. The second-order valence-electron chi connectivity index (χ2n) is 8.91. The number of hydrogen-bond donors (Lipinski definition) is 2. The molecular weight excluding hydrogens is 350 g/mol. The molecule has 0 aromatic carbocycles. The maximum atomic E-state index is 13.6. The molecule has 4 fully saturated rings. The number of nitrogens with zero attached hydrogens (tertiary/aromatic N) is 1. The Morgan fingerprint density at radius 3 is 2.70 bits per heavy atom. The van der Waals surface area contributed by atoms with Crippen LogP contribution in [0.25, 0.3) is 0 Å². The number of esters is 1. The monoisotopic (exact) mass is 375 g/mol. The first-order chi connectivity index (χ1) is 12.8. The molecule has 1 amide bonds. The van der Waals surface area contributed by atoms with Crippen molar-refractivity contribution in [2.75, 3.05) is 6.54 Å². The Kier molecular flexibility index (Phi) is 3.48. The standard InChI is InChI=1S/C20H25NO6/c1-10-6-7-11-4-2-3-5-12(11)14(10)15(22)19(25)17-20(26)13(16(23)27-17)8-9-21(20)18(19)24/h6-7,10-14,17,25-26H,2-5,8-9H2,1H3/t10-,11+,12+,13-,14+,17-,19+,20+/m0/s1. The molecule has 146 valence electrons. The lowest BCUT2D eigenvalue weighted by Gasteiger charge is -2.42. The molecule has 5 aliphatic rings. The van der Waals surface area contributed by atoms with Crippen molar-refractivity contribution in [2.24, 2.45) is 29.6 Å². The predicted molar refractivity (Wildman–Crippen MR) is 91.8 cm³/mol. The molecule has 0 aromatic heterocycles. The summed E-state index contributed by atoms with van der Waals surface area (Å²) in [7, 11) is 0. The van der Waals surface area contributed by atoms with Crippen LogP contribution in [0.15, 0.2) is 12.2 Å². The SMILES string of the molecule is C[C@H]1C=C[C@H]2CCCC[C@H]2[C@@H]1C(=O)[C@]1(O)C(=O)N2CC[C@H]3C(=O)O[C@@H]1[C@]32O. The molecule has 7 nitrogen and oxygen atoms in total. The largest absolute Gasteiger partial charge is 0.453 e. The fourth-order valence-electron chi connectivity index (χ4n) is 6.34. The molecule has 27 heavy (non-hydrogen) atoms. The molecule has 7 heteroatoms. The molecule has 5 rings (SSSR count). The molecule has 0 radical (unpaired) electrons. The molecule has 3 heterocycles. The third-order valence-electron chi connectivity index (χ3n) is 7.68. The maximum absolute atomic E-state index is 13.6. The van der Waals surface area contributed by atoms with Crippen molar-refractivity contribution in [1.29, 1.82) is 0 Å². The van der Waals surface area contributed by atoms with E-state index in [1.165, 1.54) is 0 Å². The van der Waals surface area contributed by atoms with Crippen LogP contribution < -0.4 is 0 Å². The zero-order valence-corrected chi connectivity index (χ0v) is 15.3. The van der Waals surface area contributed by atoms with Gasteiger partial charge in [0, 0.05) is 12.5 Å². The Hall–Kier alpha value is -1.73. The molecule has 0 spiro atoms. The van der Waals surface area contributed by atoms with E-state index in [0.29, 0.717) is 0 Å². The van der Waals surface area contributed by atoms with Crippen LogP contribution in [-0.2, 0) is 19.1 Å². The number of carbonyl (C=O) groups is 3. The molecule has 2 aliphatic carbocycles. The molecule has 1 saturated carbocycles. The number of allylic oxidation sites excluding steroid dienone is 2. The summed E-state index contributed by atoms with van der Waals surface area (Å²) in [6.07, 6.45) is 6.92. The highest BCUT2D eigenvalue weighted by Crippen LogP contribution is 2.55. The summed E-state index contributed by atoms with van der Waals surface area (Å²) in [5, 5.41) is 22.4. The molecule has 0 unspecified atom stereocenters. The maximum Gasteiger partial charge on any atom is 0.314 e. The summed E-state index contributed by atoms with van der Waals surface area (Å²) < 4.78 is 5.25. The van der Waals surface area contributed by atoms with Crippen LogP contribution in [-0.4, -0.2) is 56.7 Å². The van der Waals surface area contributed by atoms with E-state index >= 15 is 0 Å². The summed E-state index contributed by atoms with van der Waals surface area (Å²) in [6.45, 7) is 2.07. The Morgan fingerprint density at radius 1 is 1.19 bits per heavy atom. The summed E-state index contributed by atoms with van der Waals surface area (Å²) >= 11 is 0. The van der Waals surface area contributed by atoms with Crippen molar-refractivity contribution in [1.82, 2.24) is 4.90 Å². The van der Waals surface area contributed by atoms with E-state index in [1.54, 1.807) is 0 Å². The average molecular weight is 375 g/mol. The second kappa shape index (κ2) is 5.41. The minimum atomic E-state index is -2.49. The number of amides is 1. The van der Waals surface area contributed by atoms with E-state index in [2.05, 4.69) is 6.08 Å². The van der Waals surface area contributed by atoms with Gasteiger partial charge >= 0.3 is 5.97 Å². The first-order valence-electron chi connectivity index (χ1n) is 10.0. The predicted octanol–water partition coefficient (Wildman–Crippen LogP) is 0.391. The van der Waals surface area contributed by atoms with E-state index in [0.717, 1.165) is 30.6 Å². The van der Waals surface area contributed by atoms with Crippen LogP contribution in [0, 0.1) is 29.6 Å². The lowest BCUT2D eigenvalue weighted by atomic mass is 9.61. The third kappa shape index (κ3) is 1.92. The Bertz CT molecular complexity index is 764. The topological polar surface area (TPSA) is 104 Å². The molecule has 0 aromatic rings. The van der Waals surface area contributed by atoms with Crippen molar-refractivity contribution in [3.05, 3.63) is 12.2 Å². The van der Waals surface area contributed by atoms with Crippen LogP contribution in [0.2, 0.25) is 0 Å². The van der Waals surface area contributed by atoms with Gasteiger partial charge in [0.2, 0.25) is 5.60 Å². The molecule has 3 saturated heterocycles. The van der Waals surface area contributed by atoms with Crippen molar-refractivity contribution in [2.45, 2.75) is 56.5 Å². The first-order valence-corrected chi connectivity index (χ1v) is 10.0. The van der Waals surface area contributed by atoms with Crippen molar-refractivity contribution in [3.63, 3.8) is 0 Å². The minimum Gasteiger partial charge on any atom is -0.453 e. The van der Waals surface area contributed by atoms with E-state index in [1.807, 2.05) is 13.0 Å². The van der Waals surface area contributed by atoms with Crippen molar-refractivity contribution >= 4 is 17.7 Å². The summed E-state index contributed by atoms with van der Waals surface area (Å²) in [6, 6.07) is 0. The van der Waals surface area contributed by atoms with Gasteiger partial charge in [-0.15, -0.1) is 0 Å². The van der Waals surface area contributed by atoms with Crippen LogP contribution in [0.1, 0.15) is 39.0 Å². The van der Waals surface area contributed by atoms with Gasteiger partial charge in [-0.1, -0.05) is 31.9 Å². The number of carbonyl (C=O) groups excluding carboxylic acids is 3. The summed E-state index contributed by atoms with van der Waals surface area (Å²) in [5.41, 5.74) is -4.40. The van der Waals surface area contributed by atoms with Gasteiger partial charge in [0.1, 0.15) is 5.92 Å². The Morgan fingerprint density at radius 2 is 1.93 bits per heavy atom. The van der Waals surface area contributed by atoms with Gasteiger partial charge in [0.25, 0.3) is 5.91 Å². The number of Topliss-reactive ketones (excluding diaryl/α,β-unsaturated/α-hetero) is 1. The number of ether oxygens (including phenoxy) is 1.